The van der Waals surface area contributed by atoms with Crippen LogP contribution in [0.4, 0.5) is 0 Å². The normalized spacial score (nSPS) is 13.3. The van der Waals surface area contributed by atoms with E-state index in [0.717, 1.165) is 0 Å². The molecule has 1 heterocycles. The van der Waals surface area contributed by atoms with Gasteiger partial charge in [-0.1, -0.05) is 65.1 Å². The lowest BCUT2D eigenvalue weighted by molar-refractivity contribution is 0.0955. The SMILES string of the molecule is O=C(c1cccn1[C@H](O)c1ccccc1)C(Cl)(Cl)Cl. The van der Waals surface area contributed by atoms with Gasteiger partial charge >= 0.3 is 0 Å². The van der Waals surface area contributed by atoms with Gasteiger partial charge in [-0.25, -0.2) is 0 Å². The fraction of sp³-hybridized carbons (Fsp3) is 0.154. The first kappa shape index (κ1) is 14.4. The van der Waals surface area contributed by atoms with Crippen molar-refractivity contribution in [1.82, 2.24) is 4.57 Å². The summed E-state index contributed by atoms with van der Waals surface area (Å²) in [5.41, 5.74) is 0.772. The number of carbonyl (C=O) groups is 1. The standard InChI is InChI=1S/C13H10Cl3NO2/c14-13(15,16)11(18)10-7-4-8-17(10)12(19)9-5-2-1-3-6-9/h1-8,12,19H/t12-/m1/s1. The first-order valence-electron chi connectivity index (χ1n) is 5.42. The zero-order chi connectivity index (χ0) is 14.0. The summed E-state index contributed by atoms with van der Waals surface area (Å²) < 4.78 is -0.688. The first-order chi connectivity index (χ1) is 8.91. The minimum absolute atomic E-state index is 0.136. The van der Waals surface area contributed by atoms with Gasteiger partial charge in [0, 0.05) is 11.8 Å². The molecule has 0 saturated heterocycles. The number of hydrogen-bond donors (Lipinski definition) is 1. The van der Waals surface area contributed by atoms with Gasteiger partial charge in [-0.3, -0.25) is 4.79 Å². The van der Waals surface area contributed by atoms with E-state index in [1.165, 1.54) is 10.6 Å². The average Bonchev–Trinajstić information content (AvgIpc) is 2.85. The smallest absolute Gasteiger partial charge is 0.255 e. The minimum Gasteiger partial charge on any atom is -0.369 e. The van der Waals surface area contributed by atoms with E-state index in [-0.39, 0.29) is 5.69 Å². The Bertz CT molecular complexity index is 575. The maximum atomic E-state index is 12.0. The van der Waals surface area contributed by atoms with E-state index < -0.39 is 15.8 Å². The summed E-state index contributed by atoms with van der Waals surface area (Å²) >= 11 is 16.8. The number of alkyl halides is 3. The van der Waals surface area contributed by atoms with Crippen molar-refractivity contribution in [3.8, 4) is 0 Å². The molecule has 1 aromatic heterocycles. The lowest BCUT2D eigenvalue weighted by Crippen LogP contribution is -2.24. The predicted molar refractivity (Wildman–Crippen MR) is 75.9 cm³/mol. The highest BCUT2D eigenvalue weighted by Gasteiger charge is 2.34. The molecule has 0 bridgehead atoms. The van der Waals surface area contributed by atoms with Gasteiger partial charge in [0.25, 0.3) is 3.79 Å². The Balaban J connectivity index is 2.38. The van der Waals surface area contributed by atoms with Gasteiger partial charge in [-0.2, -0.15) is 0 Å². The van der Waals surface area contributed by atoms with Crippen molar-refractivity contribution in [1.29, 1.82) is 0 Å². The van der Waals surface area contributed by atoms with Crippen LogP contribution in [0.3, 0.4) is 0 Å². The molecule has 0 unspecified atom stereocenters. The summed E-state index contributed by atoms with van der Waals surface area (Å²) in [6.07, 6.45) is 0.545. The van der Waals surface area contributed by atoms with Crippen LogP contribution in [0.1, 0.15) is 22.3 Å². The molecule has 2 rings (SSSR count). The Morgan fingerprint density at radius 1 is 1.11 bits per heavy atom. The number of ketones is 1. The van der Waals surface area contributed by atoms with Crippen molar-refractivity contribution >= 4 is 40.6 Å². The third-order valence-electron chi connectivity index (χ3n) is 2.63. The Labute approximate surface area is 125 Å². The van der Waals surface area contributed by atoms with E-state index in [4.69, 9.17) is 34.8 Å². The molecule has 100 valence electrons. The van der Waals surface area contributed by atoms with E-state index in [1.54, 1.807) is 36.5 Å². The number of aliphatic hydroxyl groups is 1. The number of Topliss-reactive ketones (excluding diaryl/α,β-unsaturated/α-hetero) is 1. The Morgan fingerprint density at radius 2 is 1.74 bits per heavy atom. The van der Waals surface area contributed by atoms with Crippen LogP contribution in [-0.2, 0) is 0 Å². The largest absolute Gasteiger partial charge is 0.369 e. The second kappa shape index (κ2) is 5.55. The number of aliphatic hydroxyl groups excluding tert-OH is 1. The molecule has 6 heteroatoms. The summed E-state index contributed by atoms with van der Waals surface area (Å²) in [5, 5.41) is 10.3. The number of rotatable bonds is 3. The summed E-state index contributed by atoms with van der Waals surface area (Å²) in [6.45, 7) is 0. The molecule has 0 saturated carbocycles. The van der Waals surface area contributed by atoms with Crippen LogP contribution in [0.15, 0.2) is 48.7 Å². The third kappa shape index (κ3) is 3.12. The summed E-state index contributed by atoms with van der Waals surface area (Å²) in [6, 6.07) is 12.0. The molecule has 3 nitrogen and oxygen atoms in total. The quantitative estimate of drug-likeness (QED) is 0.694. The van der Waals surface area contributed by atoms with Gasteiger partial charge in [0.15, 0.2) is 6.23 Å². The lowest BCUT2D eigenvalue weighted by atomic mass is 10.2. The van der Waals surface area contributed by atoms with E-state index in [1.807, 2.05) is 6.07 Å². The van der Waals surface area contributed by atoms with Gasteiger partial charge in [0.1, 0.15) is 0 Å². The molecule has 0 aliphatic rings. The molecule has 1 atom stereocenters. The molecular weight excluding hydrogens is 309 g/mol. The third-order valence-corrected chi connectivity index (χ3v) is 3.15. The number of hydrogen-bond acceptors (Lipinski definition) is 2. The topological polar surface area (TPSA) is 42.2 Å². The predicted octanol–water partition coefficient (Wildman–Crippen LogP) is 3.58. The molecule has 0 fully saturated rings. The van der Waals surface area contributed by atoms with Crippen LogP contribution in [0.2, 0.25) is 0 Å². The Hall–Kier alpha value is -1.000. The average molecular weight is 319 g/mol. The molecule has 0 radical (unpaired) electrons. The molecule has 0 amide bonds. The Kier molecular flexibility index (Phi) is 4.21. The summed E-state index contributed by atoms with van der Waals surface area (Å²) in [7, 11) is 0. The highest BCUT2D eigenvalue weighted by Crippen LogP contribution is 2.31. The van der Waals surface area contributed by atoms with Crippen molar-refractivity contribution in [2.45, 2.75) is 10.0 Å². The zero-order valence-electron chi connectivity index (χ0n) is 9.63. The zero-order valence-corrected chi connectivity index (χ0v) is 11.9. The van der Waals surface area contributed by atoms with Crippen LogP contribution in [-0.4, -0.2) is 19.2 Å². The van der Waals surface area contributed by atoms with Gasteiger partial charge in [-0.15, -0.1) is 0 Å². The fourth-order valence-electron chi connectivity index (χ4n) is 1.73. The van der Waals surface area contributed by atoms with Crippen LogP contribution in [0, 0.1) is 0 Å². The molecule has 2 aromatic rings. The van der Waals surface area contributed by atoms with Crippen molar-refractivity contribution in [3.63, 3.8) is 0 Å². The molecule has 19 heavy (non-hydrogen) atoms. The highest BCUT2D eigenvalue weighted by molar-refractivity contribution is 6.77. The van der Waals surface area contributed by atoms with Gasteiger partial charge in [-0.05, 0) is 12.1 Å². The summed E-state index contributed by atoms with van der Waals surface area (Å²) in [4.78, 5) is 12.0. The van der Waals surface area contributed by atoms with Crippen LogP contribution in [0.25, 0.3) is 0 Å². The molecule has 0 spiro atoms. The van der Waals surface area contributed by atoms with Crippen molar-refractivity contribution < 1.29 is 9.90 Å². The second-order valence-electron chi connectivity index (χ2n) is 3.91. The summed E-state index contributed by atoms with van der Waals surface area (Å²) in [5.74, 6) is -0.683. The van der Waals surface area contributed by atoms with E-state index in [0.29, 0.717) is 5.56 Å². The van der Waals surface area contributed by atoms with Crippen molar-refractivity contribution in [2.24, 2.45) is 0 Å². The van der Waals surface area contributed by atoms with Crippen molar-refractivity contribution in [3.05, 3.63) is 59.9 Å². The van der Waals surface area contributed by atoms with Crippen LogP contribution < -0.4 is 0 Å². The number of carbonyl (C=O) groups excluding carboxylic acids is 1. The highest BCUT2D eigenvalue weighted by atomic mass is 35.6. The fourth-order valence-corrected chi connectivity index (χ4v) is 2.02. The number of nitrogens with zero attached hydrogens (tertiary/aromatic N) is 1. The van der Waals surface area contributed by atoms with Crippen LogP contribution >= 0.6 is 34.8 Å². The molecule has 1 N–H and O–H groups in total. The first-order valence-corrected chi connectivity index (χ1v) is 6.56. The minimum atomic E-state index is -2.05. The van der Waals surface area contributed by atoms with Gasteiger partial charge in [0.05, 0.1) is 5.69 Å². The molecule has 0 aliphatic heterocycles. The maximum Gasteiger partial charge on any atom is 0.255 e. The van der Waals surface area contributed by atoms with Crippen molar-refractivity contribution in [2.75, 3.05) is 0 Å². The molecule has 1 aromatic carbocycles. The van der Waals surface area contributed by atoms with E-state index >= 15 is 0 Å². The number of aromatic nitrogens is 1. The van der Waals surface area contributed by atoms with E-state index in [9.17, 15) is 9.90 Å². The molecule has 0 aliphatic carbocycles. The molecular formula is C13H10Cl3NO2. The van der Waals surface area contributed by atoms with Gasteiger partial charge in [0.2, 0.25) is 5.78 Å². The monoisotopic (exact) mass is 317 g/mol. The van der Waals surface area contributed by atoms with E-state index in [2.05, 4.69) is 0 Å². The van der Waals surface area contributed by atoms with Gasteiger partial charge < -0.3 is 9.67 Å². The Morgan fingerprint density at radius 3 is 2.32 bits per heavy atom. The second-order valence-corrected chi connectivity index (χ2v) is 6.19. The van der Waals surface area contributed by atoms with Crippen LogP contribution in [0.5, 0.6) is 0 Å². The lowest BCUT2D eigenvalue weighted by Gasteiger charge is -2.18. The number of benzene rings is 1. The maximum absolute atomic E-state index is 12.0. The number of halogens is 3.